The Morgan fingerprint density at radius 1 is 0.968 bits per heavy atom. The molecule has 5 heteroatoms. The minimum atomic E-state index is 0.0501. The van der Waals surface area contributed by atoms with Gasteiger partial charge in [0.2, 0.25) is 11.8 Å². The number of nitrogens with one attached hydrogen (secondary N) is 2. The third-order valence-corrected chi connectivity index (χ3v) is 6.66. The minimum Gasteiger partial charge on any atom is -0.352 e. The summed E-state index contributed by atoms with van der Waals surface area (Å²) in [5.41, 5.74) is 3.84. The Kier molecular flexibility index (Phi) is 7.03. The van der Waals surface area contributed by atoms with Crippen LogP contribution in [0, 0.1) is 0 Å². The third kappa shape index (κ3) is 5.53. The topological polar surface area (TPSA) is 61.4 Å². The van der Waals surface area contributed by atoms with E-state index in [1.807, 2.05) is 30.3 Å². The number of carbonyl (C=O) groups excluding carboxylic acids is 2. The van der Waals surface area contributed by atoms with Crippen molar-refractivity contribution in [3.05, 3.63) is 71.3 Å². The average molecular weight is 420 g/mol. The number of amides is 2. The first-order valence-electron chi connectivity index (χ1n) is 11.5. The van der Waals surface area contributed by atoms with Crippen LogP contribution in [0.3, 0.4) is 0 Å². The fourth-order valence-corrected chi connectivity index (χ4v) is 5.14. The Labute approximate surface area is 185 Å². The molecule has 1 aliphatic carbocycles. The minimum absolute atomic E-state index is 0.0501. The zero-order valence-corrected chi connectivity index (χ0v) is 18.3. The molecule has 3 atom stereocenters. The van der Waals surface area contributed by atoms with Gasteiger partial charge in [-0.25, -0.2) is 0 Å². The van der Waals surface area contributed by atoms with Crippen molar-refractivity contribution >= 4 is 11.8 Å². The van der Waals surface area contributed by atoms with Crippen LogP contribution in [-0.4, -0.2) is 48.4 Å². The van der Waals surface area contributed by atoms with Crippen LogP contribution in [0.15, 0.2) is 54.6 Å². The van der Waals surface area contributed by atoms with Crippen molar-refractivity contribution in [1.82, 2.24) is 15.5 Å². The van der Waals surface area contributed by atoms with Gasteiger partial charge in [-0.15, -0.1) is 0 Å². The lowest BCUT2D eigenvalue weighted by Gasteiger charge is -2.34. The monoisotopic (exact) mass is 419 g/mol. The van der Waals surface area contributed by atoms with Crippen molar-refractivity contribution in [1.29, 1.82) is 0 Å². The summed E-state index contributed by atoms with van der Waals surface area (Å²) in [6, 6.07) is 18.8. The maximum absolute atomic E-state index is 12.8. The summed E-state index contributed by atoms with van der Waals surface area (Å²) in [7, 11) is 0. The van der Waals surface area contributed by atoms with E-state index in [2.05, 4.69) is 46.7 Å². The highest BCUT2D eigenvalue weighted by atomic mass is 16.2. The largest absolute Gasteiger partial charge is 0.352 e. The van der Waals surface area contributed by atoms with E-state index >= 15 is 0 Å². The third-order valence-electron chi connectivity index (χ3n) is 6.66. The lowest BCUT2D eigenvalue weighted by Crippen LogP contribution is -2.46. The number of benzene rings is 2. The maximum Gasteiger partial charge on any atom is 0.234 e. The van der Waals surface area contributed by atoms with Crippen LogP contribution in [0.25, 0.3) is 0 Å². The van der Waals surface area contributed by atoms with Gasteiger partial charge in [0.05, 0.1) is 13.0 Å². The molecule has 1 saturated heterocycles. The van der Waals surface area contributed by atoms with Gasteiger partial charge in [-0.2, -0.15) is 0 Å². The normalized spacial score (nSPS) is 23.2. The smallest absolute Gasteiger partial charge is 0.234 e. The molecule has 3 unspecified atom stereocenters. The van der Waals surface area contributed by atoms with Crippen molar-refractivity contribution < 1.29 is 9.59 Å². The molecule has 1 fully saturated rings. The first-order valence-corrected chi connectivity index (χ1v) is 11.5. The summed E-state index contributed by atoms with van der Waals surface area (Å²) in [5.74, 6) is 0.533. The van der Waals surface area contributed by atoms with Crippen molar-refractivity contribution in [3.8, 4) is 0 Å². The molecule has 2 amide bonds. The molecule has 4 rings (SSSR count). The number of likely N-dealkylation sites (tertiary alicyclic amines) is 1. The highest BCUT2D eigenvalue weighted by Gasteiger charge is 2.30. The highest BCUT2D eigenvalue weighted by molar-refractivity contribution is 5.79. The highest BCUT2D eigenvalue weighted by Crippen LogP contribution is 2.34. The Bertz CT molecular complexity index is 899. The second-order valence-electron chi connectivity index (χ2n) is 8.88. The average Bonchev–Trinajstić information content (AvgIpc) is 3.20. The van der Waals surface area contributed by atoms with Crippen LogP contribution < -0.4 is 10.6 Å². The molecule has 0 spiro atoms. The van der Waals surface area contributed by atoms with Crippen LogP contribution in [0.4, 0.5) is 0 Å². The van der Waals surface area contributed by atoms with Gasteiger partial charge in [0.25, 0.3) is 0 Å². The summed E-state index contributed by atoms with van der Waals surface area (Å²) in [5, 5.41) is 6.43. The first-order chi connectivity index (χ1) is 15.1. The Morgan fingerprint density at radius 2 is 1.74 bits per heavy atom. The van der Waals surface area contributed by atoms with Gasteiger partial charge in [-0.05, 0) is 42.4 Å². The number of nitrogens with zero attached hydrogens (tertiary/aromatic N) is 1. The SMILES string of the molecule is CCC1c2ccccc2CCC1NC(=O)CN1CCC(NC(=O)Cc2ccccc2)C1. The first kappa shape index (κ1) is 21.6. The summed E-state index contributed by atoms with van der Waals surface area (Å²) >= 11 is 0. The molecule has 0 bridgehead atoms. The standard InChI is InChI=1S/C26H33N3O2/c1-2-22-23-11-7-6-10-20(23)12-13-24(22)28-26(31)18-29-15-14-21(17-29)27-25(30)16-19-8-4-3-5-9-19/h3-11,21-22,24H,2,12-18H2,1H3,(H,27,30)(H,28,31). The molecule has 1 aliphatic heterocycles. The number of hydrogen-bond acceptors (Lipinski definition) is 3. The van der Waals surface area contributed by atoms with E-state index in [1.165, 1.54) is 11.1 Å². The molecule has 2 aliphatic rings. The van der Waals surface area contributed by atoms with Crippen molar-refractivity contribution in [3.63, 3.8) is 0 Å². The van der Waals surface area contributed by atoms with E-state index in [1.54, 1.807) is 0 Å². The summed E-state index contributed by atoms with van der Waals surface area (Å²) < 4.78 is 0. The van der Waals surface area contributed by atoms with Gasteiger partial charge in [0, 0.05) is 31.1 Å². The van der Waals surface area contributed by atoms with Crippen LogP contribution in [-0.2, 0) is 22.4 Å². The fourth-order valence-electron chi connectivity index (χ4n) is 5.14. The summed E-state index contributed by atoms with van der Waals surface area (Å²) in [4.78, 5) is 27.2. The molecule has 2 aromatic carbocycles. The Balaban J connectivity index is 1.24. The molecule has 0 radical (unpaired) electrons. The van der Waals surface area contributed by atoms with E-state index in [9.17, 15) is 9.59 Å². The van der Waals surface area contributed by atoms with Gasteiger partial charge >= 0.3 is 0 Å². The van der Waals surface area contributed by atoms with Gasteiger partial charge in [-0.1, -0.05) is 61.5 Å². The Morgan fingerprint density at radius 3 is 2.55 bits per heavy atom. The number of rotatable bonds is 7. The number of hydrogen-bond donors (Lipinski definition) is 2. The molecule has 0 saturated carbocycles. The fraction of sp³-hybridized carbons (Fsp3) is 0.462. The number of aryl methyl sites for hydroxylation is 1. The van der Waals surface area contributed by atoms with E-state index < -0.39 is 0 Å². The molecule has 164 valence electrons. The number of fused-ring (bicyclic) bond motifs is 1. The van der Waals surface area contributed by atoms with E-state index in [4.69, 9.17) is 0 Å². The molecular formula is C26H33N3O2. The van der Waals surface area contributed by atoms with Gasteiger partial charge < -0.3 is 10.6 Å². The van der Waals surface area contributed by atoms with Gasteiger partial charge in [0.1, 0.15) is 0 Å². The van der Waals surface area contributed by atoms with Crippen LogP contribution in [0.1, 0.15) is 48.8 Å². The van der Waals surface area contributed by atoms with Crippen molar-refractivity contribution in [2.75, 3.05) is 19.6 Å². The maximum atomic E-state index is 12.8. The van der Waals surface area contributed by atoms with Crippen LogP contribution in [0.2, 0.25) is 0 Å². The van der Waals surface area contributed by atoms with Crippen LogP contribution >= 0.6 is 0 Å². The van der Waals surface area contributed by atoms with E-state index in [-0.39, 0.29) is 23.9 Å². The van der Waals surface area contributed by atoms with E-state index in [0.29, 0.717) is 18.9 Å². The zero-order valence-electron chi connectivity index (χ0n) is 18.3. The molecule has 2 N–H and O–H groups in total. The van der Waals surface area contributed by atoms with Gasteiger partial charge in [-0.3, -0.25) is 14.5 Å². The molecule has 5 nitrogen and oxygen atoms in total. The molecule has 0 aromatic heterocycles. The quantitative estimate of drug-likeness (QED) is 0.725. The second kappa shape index (κ2) is 10.1. The molecule has 31 heavy (non-hydrogen) atoms. The van der Waals surface area contributed by atoms with Crippen molar-refractivity contribution in [2.45, 2.75) is 57.0 Å². The van der Waals surface area contributed by atoms with Crippen LogP contribution in [0.5, 0.6) is 0 Å². The predicted molar refractivity (Wildman–Crippen MR) is 123 cm³/mol. The zero-order chi connectivity index (χ0) is 21.6. The summed E-state index contributed by atoms with van der Waals surface area (Å²) in [6.07, 6.45) is 4.35. The lowest BCUT2D eigenvalue weighted by molar-refractivity contribution is -0.123. The Hall–Kier alpha value is -2.66. The van der Waals surface area contributed by atoms with Crippen molar-refractivity contribution in [2.24, 2.45) is 0 Å². The number of carbonyl (C=O) groups is 2. The molecular weight excluding hydrogens is 386 g/mol. The van der Waals surface area contributed by atoms with E-state index in [0.717, 1.165) is 44.3 Å². The second-order valence-corrected chi connectivity index (χ2v) is 8.88. The molecule has 2 aromatic rings. The van der Waals surface area contributed by atoms with Gasteiger partial charge in [0.15, 0.2) is 0 Å². The summed E-state index contributed by atoms with van der Waals surface area (Å²) in [6.45, 7) is 4.18. The lowest BCUT2D eigenvalue weighted by atomic mass is 9.78. The molecule has 1 heterocycles. The predicted octanol–water partition coefficient (Wildman–Crippen LogP) is 3.04.